The molecule has 0 atom stereocenters. The third-order valence-electron chi connectivity index (χ3n) is 2.00. The molecule has 0 saturated carbocycles. The molecule has 16 heavy (non-hydrogen) atoms. The van der Waals surface area contributed by atoms with Gasteiger partial charge >= 0.3 is 0 Å². The third kappa shape index (κ3) is 3.60. The summed E-state index contributed by atoms with van der Waals surface area (Å²) in [4.78, 5) is 11.9. The molecule has 0 aromatic heterocycles. The number of ether oxygens (including phenoxy) is 1. The van der Waals surface area contributed by atoms with Gasteiger partial charge in [0.15, 0.2) is 0 Å². The number of hydrogen-bond acceptors (Lipinski definition) is 3. The molecule has 3 N–H and O–H groups in total. The molecule has 1 aromatic rings. The van der Waals surface area contributed by atoms with Gasteiger partial charge in [-0.3, -0.25) is 4.79 Å². The fourth-order valence-corrected chi connectivity index (χ4v) is 1.31. The SMILES string of the molecule is COCCNC(=O)c1cccc(C(N)=S)c1. The summed E-state index contributed by atoms with van der Waals surface area (Å²) in [5.41, 5.74) is 6.72. The first-order valence-electron chi connectivity index (χ1n) is 4.82. The Labute approximate surface area is 99.8 Å². The lowest BCUT2D eigenvalue weighted by atomic mass is 10.1. The quantitative estimate of drug-likeness (QED) is 0.585. The maximum Gasteiger partial charge on any atom is 0.251 e. The van der Waals surface area contributed by atoms with Gasteiger partial charge in [-0.1, -0.05) is 24.4 Å². The van der Waals surface area contributed by atoms with E-state index in [2.05, 4.69) is 5.32 Å². The van der Waals surface area contributed by atoms with Crippen LogP contribution in [0.4, 0.5) is 0 Å². The van der Waals surface area contributed by atoms with E-state index in [4.69, 9.17) is 22.7 Å². The number of thiocarbonyl (C=S) groups is 1. The maximum absolute atomic E-state index is 11.6. The molecule has 5 heteroatoms. The van der Waals surface area contributed by atoms with Gasteiger partial charge in [-0.15, -0.1) is 0 Å². The van der Waals surface area contributed by atoms with Crippen molar-refractivity contribution in [2.45, 2.75) is 0 Å². The minimum Gasteiger partial charge on any atom is -0.389 e. The summed E-state index contributed by atoms with van der Waals surface area (Å²) < 4.78 is 4.83. The van der Waals surface area contributed by atoms with Gasteiger partial charge in [-0.05, 0) is 12.1 Å². The fourth-order valence-electron chi connectivity index (χ4n) is 1.18. The molecule has 4 nitrogen and oxygen atoms in total. The van der Waals surface area contributed by atoms with Gasteiger partial charge in [-0.25, -0.2) is 0 Å². The molecule has 0 spiro atoms. The van der Waals surface area contributed by atoms with E-state index in [1.807, 2.05) is 0 Å². The number of carbonyl (C=O) groups is 1. The van der Waals surface area contributed by atoms with Crippen LogP contribution in [0.15, 0.2) is 24.3 Å². The van der Waals surface area contributed by atoms with Gasteiger partial charge in [0, 0.05) is 24.8 Å². The third-order valence-corrected chi connectivity index (χ3v) is 2.24. The van der Waals surface area contributed by atoms with Gasteiger partial charge in [0.1, 0.15) is 4.99 Å². The number of nitrogens with two attached hydrogens (primary N) is 1. The predicted octanol–water partition coefficient (Wildman–Crippen LogP) is 0.697. The van der Waals surface area contributed by atoms with Gasteiger partial charge in [0.25, 0.3) is 5.91 Å². The zero-order valence-corrected chi connectivity index (χ0v) is 9.84. The molecule has 0 bridgehead atoms. The molecular weight excluding hydrogens is 224 g/mol. The first-order chi connectivity index (χ1) is 7.65. The Kier molecular flexibility index (Phi) is 4.88. The van der Waals surface area contributed by atoms with Crippen LogP contribution in [0.2, 0.25) is 0 Å². The first kappa shape index (κ1) is 12.6. The summed E-state index contributed by atoms with van der Waals surface area (Å²) in [6, 6.07) is 6.91. The number of methoxy groups -OCH3 is 1. The van der Waals surface area contributed by atoms with Crippen LogP contribution in [0.25, 0.3) is 0 Å². The summed E-state index contributed by atoms with van der Waals surface area (Å²) in [7, 11) is 1.58. The standard InChI is InChI=1S/C11H14N2O2S/c1-15-6-5-13-11(14)9-4-2-3-8(7-9)10(12)16/h2-4,7H,5-6H2,1H3,(H2,12,16)(H,13,14). The minimum atomic E-state index is -0.157. The molecule has 0 aliphatic carbocycles. The normalized spacial score (nSPS) is 9.81. The van der Waals surface area contributed by atoms with Crippen molar-refractivity contribution < 1.29 is 9.53 Å². The lowest BCUT2D eigenvalue weighted by Gasteiger charge is -2.05. The molecule has 0 heterocycles. The van der Waals surface area contributed by atoms with E-state index < -0.39 is 0 Å². The average Bonchev–Trinajstić information content (AvgIpc) is 2.29. The van der Waals surface area contributed by atoms with Crippen LogP contribution in [0.3, 0.4) is 0 Å². The highest BCUT2D eigenvalue weighted by atomic mass is 32.1. The Morgan fingerprint density at radius 3 is 2.81 bits per heavy atom. The number of nitrogens with one attached hydrogen (secondary N) is 1. The first-order valence-corrected chi connectivity index (χ1v) is 5.23. The number of hydrogen-bond donors (Lipinski definition) is 2. The zero-order chi connectivity index (χ0) is 12.0. The molecular formula is C11H14N2O2S. The highest BCUT2D eigenvalue weighted by molar-refractivity contribution is 7.80. The molecule has 1 amide bonds. The Bertz CT molecular complexity index is 393. The molecule has 86 valence electrons. The van der Waals surface area contributed by atoms with Gasteiger partial charge in [0.2, 0.25) is 0 Å². The summed E-state index contributed by atoms with van der Waals surface area (Å²) in [6.07, 6.45) is 0. The zero-order valence-electron chi connectivity index (χ0n) is 9.03. The highest BCUT2D eigenvalue weighted by Gasteiger charge is 2.06. The van der Waals surface area contributed by atoms with Crippen molar-refractivity contribution in [1.82, 2.24) is 5.32 Å². The highest BCUT2D eigenvalue weighted by Crippen LogP contribution is 2.05. The lowest BCUT2D eigenvalue weighted by Crippen LogP contribution is -2.27. The summed E-state index contributed by atoms with van der Waals surface area (Å²) >= 11 is 4.84. The summed E-state index contributed by atoms with van der Waals surface area (Å²) in [5.74, 6) is -0.157. The van der Waals surface area contributed by atoms with Crippen molar-refractivity contribution >= 4 is 23.1 Å². The second-order valence-electron chi connectivity index (χ2n) is 3.19. The predicted molar refractivity (Wildman–Crippen MR) is 66.5 cm³/mol. The van der Waals surface area contributed by atoms with Crippen molar-refractivity contribution in [3.63, 3.8) is 0 Å². The van der Waals surface area contributed by atoms with Crippen molar-refractivity contribution in [2.24, 2.45) is 5.73 Å². The number of amides is 1. The number of carbonyl (C=O) groups excluding carboxylic acids is 1. The second kappa shape index (κ2) is 6.19. The Balaban J connectivity index is 2.68. The Morgan fingerprint density at radius 1 is 1.50 bits per heavy atom. The van der Waals surface area contributed by atoms with E-state index in [1.54, 1.807) is 31.4 Å². The van der Waals surface area contributed by atoms with E-state index in [1.165, 1.54) is 0 Å². The minimum absolute atomic E-state index is 0.157. The van der Waals surface area contributed by atoms with Gasteiger partial charge in [0.05, 0.1) is 6.61 Å². The van der Waals surface area contributed by atoms with E-state index >= 15 is 0 Å². The van der Waals surface area contributed by atoms with Crippen molar-refractivity contribution in [1.29, 1.82) is 0 Å². The van der Waals surface area contributed by atoms with E-state index in [-0.39, 0.29) is 10.9 Å². The van der Waals surface area contributed by atoms with Crippen LogP contribution >= 0.6 is 12.2 Å². The van der Waals surface area contributed by atoms with Crippen LogP contribution in [-0.2, 0) is 4.74 Å². The second-order valence-corrected chi connectivity index (χ2v) is 3.63. The van der Waals surface area contributed by atoms with Crippen LogP contribution in [-0.4, -0.2) is 31.2 Å². The van der Waals surface area contributed by atoms with Gasteiger partial charge in [-0.2, -0.15) is 0 Å². The molecule has 0 radical (unpaired) electrons. The monoisotopic (exact) mass is 238 g/mol. The summed E-state index contributed by atoms with van der Waals surface area (Å²) in [5, 5.41) is 2.72. The molecule has 1 rings (SSSR count). The van der Waals surface area contributed by atoms with Crippen molar-refractivity contribution in [3.05, 3.63) is 35.4 Å². The lowest BCUT2D eigenvalue weighted by molar-refractivity contribution is 0.0937. The van der Waals surface area contributed by atoms with E-state index in [0.717, 1.165) is 0 Å². The van der Waals surface area contributed by atoms with E-state index in [9.17, 15) is 4.79 Å². The van der Waals surface area contributed by atoms with Crippen LogP contribution in [0.1, 0.15) is 15.9 Å². The fraction of sp³-hybridized carbons (Fsp3) is 0.273. The number of rotatable bonds is 5. The smallest absolute Gasteiger partial charge is 0.251 e. The molecule has 0 saturated heterocycles. The van der Waals surface area contributed by atoms with Crippen LogP contribution in [0.5, 0.6) is 0 Å². The molecule has 0 aliphatic rings. The average molecular weight is 238 g/mol. The largest absolute Gasteiger partial charge is 0.389 e. The topological polar surface area (TPSA) is 64.3 Å². The van der Waals surface area contributed by atoms with Gasteiger partial charge < -0.3 is 15.8 Å². The molecule has 0 fully saturated rings. The number of benzene rings is 1. The Hall–Kier alpha value is -1.46. The van der Waals surface area contributed by atoms with Crippen LogP contribution < -0.4 is 11.1 Å². The van der Waals surface area contributed by atoms with E-state index in [0.29, 0.717) is 24.3 Å². The molecule has 1 aromatic carbocycles. The van der Waals surface area contributed by atoms with Crippen molar-refractivity contribution in [2.75, 3.05) is 20.3 Å². The Morgan fingerprint density at radius 2 is 2.19 bits per heavy atom. The maximum atomic E-state index is 11.6. The summed E-state index contributed by atoms with van der Waals surface area (Å²) in [6.45, 7) is 0.966. The van der Waals surface area contributed by atoms with Crippen molar-refractivity contribution in [3.8, 4) is 0 Å². The molecule has 0 aliphatic heterocycles. The molecule has 0 unspecified atom stereocenters. The van der Waals surface area contributed by atoms with Crippen LogP contribution in [0, 0.1) is 0 Å².